The van der Waals surface area contributed by atoms with Gasteiger partial charge in [0, 0.05) is 6.54 Å². The van der Waals surface area contributed by atoms with E-state index >= 15 is 0 Å². The molecule has 23 heavy (non-hydrogen) atoms. The molecule has 0 aromatic heterocycles. The second kappa shape index (κ2) is 7.56. The standard InChI is InChI=1S/C15H20N2O5S/c1-22-14(18)10-17-9-5-8-13(15(17)19)16-23(20,21)11-12-6-3-2-4-7-12/h2-4,6-7,13,16H,5,8-11H2,1H3/t13-/m1/s1. The number of methoxy groups -OCH3 is 1. The average Bonchev–Trinajstić information content (AvgIpc) is 2.51. The fourth-order valence-corrected chi connectivity index (χ4v) is 3.85. The summed E-state index contributed by atoms with van der Waals surface area (Å²) in [7, 11) is -2.39. The first kappa shape index (κ1) is 17.4. The lowest BCUT2D eigenvalue weighted by molar-refractivity contribution is -0.148. The molecule has 1 atom stereocenters. The van der Waals surface area contributed by atoms with E-state index in [1.165, 1.54) is 12.0 Å². The molecule has 1 N–H and O–H groups in total. The molecule has 8 heteroatoms. The minimum absolute atomic E-state index is 0.160. The Hall–Kier alpha value is -1.93. The van der Waals surface area contributed by atoms with Crippen LogP contribution in [0, 0.1) is 0 Å². The van der Waals surface area contributed by atoms with Crippen LogP contribution in [0.15, 0.2) is 30.3 Å². The normalized spacial score (nSPS) is 18.7. The lowest BCUT2D eigenvalue weighted by atomic mass is 10.1. The first-order valence-corrected chi connectivity index (χ1v) is 8.96. The van der Waals surface area contributed by atoms with Gasteiger partial charge in [0.2, 0.25) is 15.9 Å². The van der Waals surface area contributed by atoms with Crippen LogP contribution in [0.5, 0.6) is 0 Å². The van der Waals surface area contributed by atoms with Crippen molar-refractivity contribution < 1.29 is 22.7 Å². The van der Waals surface area contributed by atoms with Gasteiger partial charge in [0.05, 0.1) is 12.9 Å². The van der Waals surface area contributed by atoms with Gasteiger partial charge in [0.1, 0.15) is 12.6 Å². The molecule has 1 amide bonds. The summed E-state index contributed by atoms with van der Waals surface area (Å²) in [5.41, 5.74) is 0.648. The molecule has 1 aromatic rings. The molecule has 1 heterocycles. The number of esters is 1. The maximum Gasteiger partial charge on any atom is 0.325 e. The van der Waals surface area contributed by atoms with Crippen molar-refractivity contribution in [1.82, 2.24) is 9.62 Å². The molecule has 0 aliphatic carbocycles. The largest absolute Gasteiger partial charge is 0.468 e. The van der Waals surface area contributed by atoms with Crippen LogP contribution in [0.1, 0.15) is 18.4 Å². The number of piperidine rings is 1. The quantitative estimate of drug-likeness (QED) is 0.751. The smallest absolute Gasteiger partial charge is 0.325 e. The van der Waals surface area contributed by atoms with E-state index in [4.69, 9.17) is 0 Å². The third-order valence-electron chi connectivity index (χ3n) is 3.60. The van der Waals surface area contributed by atoms with Gasteiger partial charge in [-0.2, -0.15) is 0 Å². The Morgan fingerprint density at radius 2 is 2.04 bits per heavy atom. The van der Waals surface area contributed by atoms with Crippen LogP contribution >= 0.6 is 0 Å². The Morgan fingerprint density at radius 3 is 2.70 bits per heavy atom. The van der Waals surface area contributed by atoms with Gasteiger partial charge in [-0.3, -0.25) is 9.59 Å². The number of amides is 1. The maximum atomic E-state index is 12.3. The Morgan fingerprint density at radius 1 is 1.35 bits per heavy atom. The molecular weight excluding hydrogens is 320 g/mol. The predicted octanol–water partition coefficient (Wildman–Crippen LogP) is 0.270. The van der Waals surface area contributed by atoms with E-state index in [1.807, 2.05) is 0 Å². The summed E-state index contributed by atoms with van der Waals surface area (Å²) in [6.07, 6.45) is 1.05. The Bertz CT molecular complexity index is 660. The number of hydrogen-bond acceptors (Lipinski definition) is 5. The molecule has 1 saturated heterocycles. The van der Waals surface area contributed by atoms with Gasteiger partial charge in [0.15, 0.2) is 0 Å². The van der Waals surface area contributed by atoms with E-state index in [1.54, 1.807) is 30.3 Å². The maximum absolute atomic E-state index is 12.3. The highest BCUT2D eigenvalue weighted by atomic mass is 32.2. The summed E-state index contributed by atoms with van der Waals surface area (Å²) in [4.78, 5) is 24.9. The SMILES string of the molecule is COC(=O)CN1CCC[C@@H](NS(=O)(=O)Cc2ccccc2)C1=O. The number of carbonyl (C=O) groups excluding carboxylic acids is 2. The van der Waals surface area contributed by atoms with Crippen LogP contribution in [-0.4, -0.2) is 51.4 Å². The first-order chi connectivity index (χ1) is 10.9. The highest BCUT2D eigenvalue weighted by Gasteiger charge is 2.32. The number of rotatable bonds is 6. The third kappa shape index (κ3) is 5.04. The number of ether oxygens (including phenoxy) is 1. The number of nitrogens with zero attached hydrogens (tertiary/aromatic N) is 1. The number of benzene rings is 1. The summed E-state index contributed by atoms with van der Waals surface area (Å²) in [6, 6.07) is 7.92. The molecular formula is C15H20N2O5S. The van der Waals surface area contributed by atoms with Gasteiger partial charge in [-0.25, -0.2) is 13.1 Å². The van der Waals surface area contributed by atoms with Crippen LogP contribution in [0.2, 0.25) is 0 Å². The van der Waals surface area contributed by atoms with Crippen molar-refractivity contribution in [3.63, 3.8) is 0 Å². The summed E-state index contributed by atoms with van der Waals surface area (Å²) >= 11 is 0. The summed E-state index contributed by atoms with van der Waals surface area (Å²) in [6.45, 7) is 0.261. The number of sulfonamides is 1. The summed E-state index contributed by atoms with van der Waals surface area (Å²) in [5.74, 6) is -1.10. The highest BCUT2D eigenvalue weighted by molar-refractivity contribution is 7.88. The van der Waals surface area contributed by atoms with Crippen molar-refractivity contribution in [3.05, 3.63) is 35.9 Å². The van der Waals surface area contributed by atoms with Crippen LogP contribution < -0.4 is 4.72 Å². The average molecular weight is 340 g/mol. The Labute approximate surface area is 135 Å². The molecule has 1 fully saturated rings. The molecule has 1 aliphatic rings. The molecule has 0 spiro atoms. The lowest BCUT2D eigenvalue weighted by Gasteiger charge is -2.31. The van der Waals surface area contributed by atoms with E-state index in [9.17, 15) is 18.0 Å². The topological polar surface area (TPSA) is 92.8 Å². The monoisotopic (exact) mass is 340 g/mol. The number of likely N-dealkylation sites (tertiary alicyclic amines) is 1. The van der Waals surface area contributed by atoms with Crippen LogP contribution in [-0.2, 0) is 30.1 Å². The minimum Gasteiger partial charge on any atom is -0.468 e. The fourth-order valence-electron chi connectivity index (χ4n) is 2.48. The summed E-state index contributed by atoms with van der Waals surface area (Å²) < 4.78 is 31.4. The molecule has 0 radical (unpaired) electrons. The number of hydrogen-bond donors (Lipinski definition) is 1. The minimum atomic E-state index is -3.64. The van der Waals surface area contributed by atoms with E-state index in [0.717, 1.165) is 0 Å². The van der Waals surface area contributed by atoms with Crippen molar-refractivity contribution in [1.29, 1.82) is 0 Å². The fraction of sp³-hybridized carbons (Fsp3) is 0.467. The molecule has 7 nitrogen and oxygen atoms in total. The van der Waals surface area contributed by atoms with Gasteiger partial charge < -0.3 is 9.64 Å². The second-order valence-electron chi connectivity index (χ2n) is 5.39. The zero-order chi connectivity index (χ0) is 16.9. The number of nitrogens with one attached hydrogen (secondary N) is 1. The molecule has 126 valence electrons. The van der Waals surface area contributed by atoms with E-state index in [0.29, 0.717) is 24.9 Å². The van der Waals surface area contributed by atoms with Crippen molar-refractivity contribution in [2.24, 2.45) is 0 Å². The van der Waals surface area contributed by atoms with Gasteiger partial charge in [-0.15, -0.1) is 0 Å². The Kier molecular flexibility index (Phi) is 5.73. The third-order valence-corrected chi connectivity index (χ3v) is 4.96. The van der Waals surface area contributed by atoms with E-state index in [2.05, 4.69) is 9.46 Å². The molecule has 1 aliphatic heterocycles. The summed E-state index contributed by atoms with van der Waals surface area (Å²) in [5, 5.41) is 0. The predicted molar refractivity (Wildman–Crippen MR) is 83.8 cm³/mol. The Balaban J connectivity index is 2.00. The van der Waals surface area contributed by atoms with Gasteiger partial charge in [-0.05, 0) is 18.4 Å². The van der Waals surface area contributed by atoms with E-state index < -0.39 is 27.9 Å². The van der Waals surface area contributed by atoms with Gasteiger partial charge in [0.25, 0.3) is 0 Å². The van der Waals surface area contributed by atoms with Crippen molar-refractivity contribution >= 4 is 21.9 Å². The molecule has 0 saturated carbocycles. The number of carbonyl (C=O) groups is 2. The van der Waals surface area contributed by atoms with Gasteiger partial charge in [-0.1, -0.05) is 30.3 Å². The van der Waals surface area contributed by atoms with Crippen LogP contribution in [0.4, 0.5) is 0 Å². The van der Waals surface area contributed by atoms with Crippen molar-refractivity contribution in [2.75, 3.05) is 20.2 Å². The first-order valence-electron chi connectivity index (χ1n) is 7.31. The van der Waals surface area contributed by atoms with Crippen molar-refractivity contribution in [2.45, 2.75) is 24.6 Å². The van der Waals surface area contributed by atoms with Crippen LogP contribution in [0.25, 0.3) is 0 Å². The van der Waals surface area contributed by atoms with Gasteiger partial charge >= 0.3 is 5.97 Å². The molecule has 1 aromatic carbocycles. The zero-order valence-electron chi connectivity index (χ0n) is 12.9. The van der Waals surface area contributed by atoms with E-state index in [-0.39, 0.29) is 12.3 Å². The highest BCUT2D eigenvalue weighted by Crippen LogP contribution is 2.14. The molecule has 2 rings (SSSR count). The zero-order valence-corrected chi connectivity index (χ0v) is 13.7. The molecule has 0 unspecified atom stereocenters. The van der Waals surface area contributed by atoms with Crippen LogP contribution in [0.3, 0.4) is 0 Å². The second-order valence-corrected chi connectivity index (χ2v) is 7.15. The lowest BCUT2D eigenvalue weighted by Crippen LogP contribution is -2.53. The van der Waals surface area contributed by atoms with Crippen molar-refractivity contribution in [3.8, 4) is 0 Å². The molecule has 0 bridgehead atoms.